The minimum absolute atomic E-state index is 0.288. The Morgan fingerprint density at radius 1 is 1.00 bits per heavy atom. The molecule has 132 valence electrons. The molecule has 1 aromatic rings. The second-order valence-electron chi connectivity index (χ2n) is 5.85. The molecule has 1 aromatic carbocycles. The number of hydrogen-bond acceptors (Lipinski definition) is 6. The van der Waals surface area contributed by atoms with Gasteiger partial charge in [-0.05, 0) is 30.9 Å². The van der Waals surface area contributed by atoms with Crippen LogP contribution in [0.4, 0.5) is 0 Å². The van der Waals surface area contributed by atoms with Crippen LogP contribution in [0.1, 0.15) is 42.5 Å². The number of esters is 1. The molecule has 0 amide bonds. The lowest BCUT2D eigenvalue weighted by Gasteiger charge is -2.14. The second kappa shape index (κ2) is 8.57. The summed E-state index contributed by atoms with van der Waals surface area (Å²) < 4.78 is 20.8. The highest BCUT2D eigenvalue weighted by molar-refractivity contribution is 5.99. The van der Waals surface area contributed by atoms with Gasteiger partial charge in [0.05, 0.1) is 21.3 Å². The van der Waals surface area contributed by atoms with Crippen LogP contribution < -0.4 is 14.2 Å². The van der Waals surface area contributed by atoms with E-state index >= 15 is 0 Å². The van der Waals surface area contributed by atoms with Gasteiger partial charge in [0.15, 0.2) is 18.1 Å². The van der Waals surface area contributed by atoms with Gasteiger partial charge in [0.2, 0.25) is 11.5 Å². The van der Waals surface area contributed by atoms with E-state index < -0.39 is 0 Å². The average molecular weight is 336 g/mol. The predicted octanol–water partition coefficient (Wildman–Crippen LogP) is 3.02. The lowest BCUT2D eigenvalue weighted by atomic mass is 10.0. The van der Waals surface area contributed by atoms with Crippen LogP contribution in [-0.2, 0) is 9.53 Å². The second-order valence-corrected chi connectivity index (χ2v) is 5.85. The van der Waals surface area contributed by atoms with Crippen molar-refractivity contribution in [1.29, 1.82) is 0 Å². The van der Waals surface area contributed by atoms with Crippen LogP contribution in [0, 0.1) is 5.92 Å². The molecule has 0 heterocycles. The quantitative estimate of drug-likeness (QED) is 0.537. The number of benzene rings is 1. The van der Waals surface area contributed by atoms with Crippen LogP contribution in [0.5, 0.6) is 17.2 Å². The van der Waals surface area contributed by atoms with Gasteiger partial charge in [-0.3, -0.25) is 9.59 Å². The minimum Gasteiger partial charge on any atom is -0.493 e. The van der Waals surface area contributed by atoms with Crippen molar-refractivity contribution in [2.75, 3.05) is 27.9 Å². The zero-order chi connectivity index (χ0) is 17.5. The fraction of sp³-hybridized carbons (Fsp3) is 0.556. The van der Waals surface area contributed by atoms with Gasteiger partial charge in [-0.1, -0.05) is 12.8 Å². The van der Waals surface area contributed by atoms with Gasteiger partial charge in [0.25, 0.3) is 0 Å². The van der Waals surface area contributed by atoms with Crippen molar-refractivity contribution in [3.8, 4) is 17.2 Å². The molecule has 0 atom stereocenters. The van der Waals surface area contributed by atoms with Crippen molar-refractivity contribution in [3.63, 3.8) is 0 Å². The van der Waals surface area contributed by atoms with Gasteiger partial charge in [0, 0.05) is 12.0 Å². The average Bonchev–Trinajstić information content (AvgIpc) is 3.11. The molecule has 6 nitrogen and oxygen atoms in total. The molecule has 0 radical (unpaired) electrons. The Labute approximate surface area is 142 Å². The summed E-state index contributed by atoms with van der Waals surface area (Å²) in [6, 6.07) is 3.10. The Bertz CT molecular complexity index is 564. The molecule has 0 N–H and O–H groups in total. The number of methoxy groups -OCH3 is 3. The largest absolute Gasteiger partial charge is 0.493 e. The summed E-state index contributed by atoms with van der Waals surface area (Å²) in [5.74, 6) is 0.954. The molecule has 0 spiro atoms. The topological polar surface area (TPSA) is 71.1 Å². The molecule has 0 aliphatic heterocycles. The number of rotatable bonds is 8. The monoisotopic (exact) mass is 336 g/mol. The van der Waals surface area contributed by atoms with Crippen LogP contribution in [0.15, 0.2) is 12.1 Å². The van der Waals surface area contributed by atoms with Crippen molar-refractivity contribution in [2.45, 2.75) is 32.1 Å². The SMILES string of the molecule is COc1cc(C(=O)COC(=O)CC2CCCC2)cc(OC)c1OC. The zero-order valence-corrected chi connectivity index (χ0v) is 14.4. The van der Waals surface area contributed by atoms with Gasteiger partial charge >= 0.3 is 5.97 Å². The molecule has 0 aromatic heterocycles. The standard InChI is InChI=1S/C18H24O6/c1-21-15-9-13(10-16(22-2)18(15)23-3)14(19)11-24-17(20)8-12-6-4-5-7-12/h9-10,12H,4-8,11H2,1-3H3. The molecule has 0 saturated heterocycles. The van der Waals surface area contributed by atoms with Gasteiger partial charge in [-0.25, -0.2) is 0 Å². The molecule has 1 aliphatic carbocycles. The van der Waals surface area contributed by atoms with E-state index in [1.807, 2.05) is 0 Å². The lowest BCUT2D eigenvalue weighted by molar-refractivity contribution is -0.143. The Balaban J connectivity index is 1.99. The van der Waals surface area contributed by atoms with Crippen LogP contribution >= 0.6 is 0 Å². The fourth-order valence-corrected chi connectivity index (χ4v) is 2.98. The normalized spacial score (nSPS) is 14.3. The van der Waals surface area contributed by atoms with Gasteiger partial charge in [0.1, 0.15) is 0 Å². The van der Waals surface area contributed by atoms with E-state index in [0.717, 1.165) is 12.8 Å². The molecule has 2 rings (SSSR count). The fourth-order valence-electron chi connectivity index (χ4n) is 2.98. The third-order valence-corrected chi connectivity index (χ3v) is 4.28. The van der Waals surface area contributed by atoms with Crippen molar-refractivity contribution >= 4 is 11.8 Å². The summed E-state index contributed by atoms with van der Waals surface area (Å²) in [5, 5.41) is 0. The van der Waals surface area contributed by atoms with E-state index in [0.29, 0.717) is 35.2 Å². The number of hydrogen-bond donors (Lipinski definition) is 0. The van der Waals surface area contributed by atoms with E-state index in [4.69, 9.17) is 18.9 Å². The first-order valence-electron chi connectivity index (χ1n) is 8.07. The minimum atomic E-state index is -0.317. The van der Waals surface area contributed by atoms with Crippen LogP contribution in [-0.4, -0.2) is 39.7 Å². The first-order valence-corrected chi connectivity index (χ1v) is 8.07. The molecule has 1 fully saturated rings. The molecule has 24 heavy (non-hydrogen) atoms. The summed E-state index contributed by atoms with van der Waals surface area (Å²) >= 11 is 0. The van der Waals surface area contributed by atoms with Crippen molar-refractivity contribution in [3.05, 3.63) is 17.7 Å². The Morgan fingerprint density at radius 2 is 1.58 bits per heavy atom. The van der Waals surface area contributed by atoms with Gasteiger partial charge < -0.3 is 18.9 Å². The summed E-state index contributed by atoms with van der Waals surface area (Å²) in [7, 11) is 4.45. The van der Waals surface area contributed by atoms with Gasteiger partial charge in [-0.15, -0.1) is 0 Å². The molecule has 1 saturated carbocycles. The van der Waals surface area contributed by atoms with Crippen LogP contribution in [0.3, 0.4) is 0 Å². The van der Waals surface area contributed by atoms with Crippen molar-refractivity contribution in [1.82, 2.24) is 0 Å². The Kier molecular flexibility index (Phi) is 6.46. The number of ketones is 1. The number of carbonyl (C=O) groups is 2. The van der Waals surface area contributed by atoms with E-state index in [-0.39, 0.29) is 18.4 Å². The van der Waals surface area contributed by atoms with Crippen LogP contribution in [0.25, 0.3) is 0 Å². The van der Waals surface area contributed by atoms with E-state index in [1.54, 1.807) is 12.1 Å². The molecular formula is C18H24O6. The Morgan fingerprint density at radius 3 is 2.08 bits per heavy atom. The van der Waals surface area contributed by atoms with E-state index in [1.165, 1.54) is 34.2 Å². The first kappa shape index (κ1) is 18.1. The maximum Gasteiger partial charge on any atom is 0.306 e. The predicted molar refractivity (Wildman–Crippen MR) is 88.0 cm³/mol. The van der Waals surface area contributed by atoms with Gasteiger partial charge in [-0.2, -0.15) is 0 Å². The van der Waals surface area contributed by atoms with Crippen molar-refractivity contribution < 1.29 is 28.5 Å². The maximum atomic E-state index is 12.3. The maximum absolute atomic E-state index is 12.3. The first-order chi connectivity index (χ1) is 11.6. The summed E-state index contributed by atoms with van der Waals surface area (Å²) in [6.07, 6.45) is 4.86. The van der Waals surface area contributed by atoms with E-state index in [2.05, 4.69) is 0 Å². The molecular weight excluding hydrogens is 312 g/mol. The number of carbonyl (C=O) groups excluding carboxylic acids is 2. The number of ether oxygens (including phenoxy) is 4. The molecule has 0 bridgehead atoms. The summed E-state index contributed by atoms with van der Waals surface area (Å²) in [4.78, 5) is 24.1. The molecule has 6 heteroatoms. The summed E-state index contributed by atoms with van der Waals surface area (Å²) in [6.45, 7) is -0.288. The highest BCUT2D eigenvalue weighted by Crippen LogP contribution is 2.38. The van der Waals surface area contributed by atoms with Crippen molar-refractivity contribution in [2.24, 2.45) is 5.92 Å². The lowest BCUT2D eigenvalue weighted by Crippen LogP contribution is -2.16. The third-order valence-electron chi connectivity index (χ3n) is 4.28. The van der Waals surface area contributed by atoms with E-state index in [9.17, 15) is 9.59 Å². The highest BCUT2D eigenvalue weighted by atomic mass is 16.5. The Hall–Kier alpha value is -2.24. The smallest absolute Gasteiger partial charge is 0.306 e. The highest BCUT2D eigenvalue weighted by Gasteiger charge is 2.21. The number of Topliss-reactive ketones (excluding diaryl/α,β-unsaturated/α-hetero) is 1. The molecule has 1 aliphatic rings. The van der Waals surface area contributed by atoms with Crippen LogP contribution in [0.2, 0.25) is 0 Å². The third kappa shape index (κ3) is 4.40. The molecule has 0 unspecified atom stereocenters. The summed E-state index contributed by atoms with van der Waals surface area (Å²) in [5.41, 5.74) is 0.346. The zero-order valence-electron chi connectivity index (χ0n) is 14.4.